The second-order valence-electron chi connectivity index (χ2n) is 4.62. The van der Waals surface area contributed by atoms with Gasteiger partial charge in [0.05, 0.1) is 16.0 Å². The molecular weight excluding hydrogens is 285 g/mol. The van der Waals surface area contributed by atoms with Crippen LogP contribution in [0.3, 0.4) is 0 Å². The Morgan fingerprint density at radius 3 is 2.63 bits per heavy atom. The van der Waals surface area contributed by atoms with Crippen molar-refractivity contribution >= 4 is 23.2 Å². The van der Waals surface area contributed by atoms with Gasteiger partial charge in [0.15, 0.2) is 5.82 Å². The molecule has 0 aliphatic rings. The monoisotopic (exact) mass is 299 g/mol. The maximum absolute atomic E-state index is 5.96. The van der Waals surface area contributed by atoms with Crippen LogP contribution in [0.2, 0.25) is 10.0 Å². The van der Waals surface area contributed by atoms with Gasteiger partial charge in [0.1, 0.15) is 0 Å². The van der Waals surface area contributed by atoms with Gasteiger partial charge in [-0.2, -0.15) is 4.98 Å². The summed E-state index contributed by atoms with van der Waals surface area (Å²) in [5.74, 6) is 1.21. The molecule has 0 saturated carbocycles. The Morgan fingerprint density at radius 1 is 1.26 bits per heavy atom. The summed E-state index contributed by atoms with van der Waals surface area (Å²) in [4.78, 5) is 4.34. The molecule has 1 heterocycles. The Bertz CT molecular complexity index is 569. The average molecular weight is 300 g/mol. The number of rotatable bonds is 4. The summed E-state index contributed by atoms with van der Waals surface area (Å²) < 4.78 is 5.21. The summed E-state index contributed by atoms with van der Waals surface area (Å²) in [6, 6.07) is 5.41. The molecule has 102 valence electrons. The topological polar surface area (TPSA) is 64.9 Å². The Morgan fingerprint density at radius 2 is 2.00 bits per heavy atom. The summed E-state index contributed by atoms with van der Waals surface area (Å²) in [5.41, 5.74) is 6.79. The van der Waals surface area contributed by atoms with Crippen LogP contribution >= 0.6 is 23.2 Å². The number of aromatic nitrogens is 2. The molecule has 1 aromatic heterocycles. The van der Waals surface area contributed by atoms with Gasteiger partial charge >= 0.3 is 0 Å². The SMILES string of the molecule is CC(N)C(C)c1nc(Cc2ccc(Cl)c(Cl)c2)no1. The highest BCUT2D eigenvalue weighted by Crippen LogP contribution is 2.24. The maximum Gasteiger partial charge on any atom is 0.231 e. The Kier molecular flexibility index (Phi) is 4.45. The standard InChI is InChI=1S/C13H15Cl2N3O/c1-7(8(2)16)13-17-12(18-19-13)6-9-3-4-10(14)11(15)5-9/h3-5,7-8H,6,16H2,1-2H3. The van der Waals surface area contributed by atoms with Crippen molar-refractivity contribution < 1.29 is 4.52 Å². The Balaban J connectivity index is 2.13. The van der Waals surface area contributed by atoms with E-state index in [1.54, 1.807) is 12.1 Å². The average Bonchev–Trinajstić information content (AvgIpc) is 2.81. The van der Waals surface area contributed by atoms with E-state index in [9.17, 15) is 0 Å². The molecule has 2 aromatic rings. The molecule has 0 aliphatic heterocycles. The molecule has 2 atom stereocenters. The second kappa shape index (κ2) is 5.90. The van der Waals surface area contributed by atoms with Gasteiger partial charge in [0.25, 0.3) is 0 Å². The van der Waals surface area contributed by atoms with E-state index in [0.29, 0.717) is 28.2 Å². The zero-order valence-electron chi connectivity index (χ0n) is 10.7. The van der Waals surface area contributed by atoms with Crippen LogP contribution in [0.25, 0.3) is 0 Å². The third-order valence-electron chi connectivity index (χ3n) is 3.01. The highest BCUT2D eigenvalue weighted by Gasteiger charge is 2.18. The highest BCUT2D eigenvalue weighted by molar-refractivity contribution is 6.42. The van der Waals surface area contributed by atoms with Crippen LogP contribution in [0, 0.1) is 0 Å². The summed E-state index contributed by atoms with van der Waals surface area (Å²) in [5, 5.41) is 5.00. The van der Waals surface area contributed by atoms with E-state index >= 15 is 0 Å². The van der Waals surface area contributed by atoms with Crippen molar-refractivity contribution in [3.8, 4) is 0 Å². The third-order valence-corrected chi connectivity index (χ3v) is 3.75. The first kappa shape index (κ1) is 14.3. The van der Waals surface area contributed by atoms with Crippen LogP contribution in [0.5, 0.6) is 0 Å². The lowest BCUT2D eigenvalue weighted by Gasteiger charge is -2.09. The molecular formula is C13H15Cl2N3O. The predicted octanol–water partition coefficient (Wildman–Crippen LogP) is 3.42. The molecule has 19 heavy (non-hydrogen) atoms. The molecule has 0 aliphatic carbocycles. The number of hydrogen-bond donors (Lipinski definition) is 1. The lowest BCUT2D eigenvalue weighted by Crippen LogP contribution is -2.22. The summed E-state index contributed by atoms with van der Waals surface area (Å²) in [7, 11) is 0. The van der Waals surface area contributed by atoms with Gasteiger partial charge < -0.3 is 10.3 Å². The first-order valence-electron chi connectivity index (χ1n) is 5.99. The van der Waals surface area contributed by atoms with E-state index in [1.807, 2.05) is 19.9 Å². The van der Waals surface area contributed by atoms with Crippen LogP contribution in [-0.2, 0) is 6.42 Å². The maximum atomic E-state index is 5.96. The van der Waals surface area contributed by atoms with E-state index in [2.05, 4.69) is 10.1 Å². The lowest BCUT2D eigenvalue weighted by molar-refractivity contribution is 0.343. The van der Waals surface area contributed by atoms with Gasteiger partial charge in [0.2, 0.25) is 5.89 Å². The lowest BCUT2D eigenvalue weighted by atomic mass is 10.1. The minimum absolute atomic E-state index is 0.0294. The fraction of sp³-hybridized carbons (Fsp3) is 0.385. The molecule has 0 bridgehead atoms. The van der Waals surface area contributed by atoms with Crippen LogP contribution in [-0.4, -0.2) is 16.2 Å². The van der Waals surface area contributed by atoms with Crippen molar-refractivity contribution in [2.24, 2.45) is 5.73 Å². The first-order chi connectivity index (χ1) is 8.97. The predicted molar refractivity (Wildman–Crippen MR) is 75.6 cm³/mol. The minimum atomic E-state index is -0.0294. The smallest absolute Gasteiger partial charge is 0.231 e. The van der Waals surface area contributed by atoms with Crippen LogP contribution in [0.4, 0.5) is 0 Å². The molecule has 0 radical (unpaired) electrons. The number of nitrogens with two attached hydrogens (primary N) is 1. The molecule has 0 spiro atoms. The minimum Gasteiger partial charge on any atom is -0.339 e. The van der Waals surface area contributed by atoms with Gasteiger partial charge in [-0.1, -0.05) is 41.3 Å². The summed E-state index contributed by atoms with van der Waals surface area (Å²) in [6.45, 7) is 3.87. The van der Waals surface area contributed by atoms with Crippen LogP contribution in [0.1, 0.15) is 37.0 Å². The van der Waals surface area contributed by atoms with Crippen molar-refractivity contribution in [3.63, 3.8) is 0 Å². The van der Waals surface area contributed by atoms with Crippen molar-refractivity contribution in [2.75, 3.05) is 0 Å². The van der Waals surface area contributed by atoms with Crippen molar-refractivity contribution in [1.82, 2.24) is 10.1 Å². The van der Waals surface area contributed by atoms with E-state index in [4.69, 9.17) is 33.5 Å². The van der Waals surface area contributed by atoms with Gasteiger partial charge in [-0.25, -0.2) is 0 Å². The van der Waals surface area contributed by atoms with Crippen LogP contribution < -0.4 is 5.73 Å². The molecule has 2 unspecified atom stereocenters. The molecule has 0 saturated heterocycles. The van der Waals surface area contributed by atoms with Gasteiger partial charge in [-0.05, 0) is 24.6 Å². The van der Waals surface area contributed by atoms with Crippen molar-refractivity contribution in [2.45, 2.75) is 32.2 Å². The Hall–Kier alpha value is -1.10. The molecule has 0 fully saturated rings. The number of halogens is 2. The summed E-state index contributed by atoms with van der Waals surface area (Å²) >= 11 is 11.8. The number of hydrogen-bond acceptors (Lipinski definition) is 4. The molecule has 4 nitrogen and oxygen atoms in total. The molecule has 2 N–H and O–H groups in total. The molecule has 2 rings (SSSR count). The van der Waals surface area contributed by atoms with Crippen molar-refractivity contribution in [1.29, 1.82) is 0 Å². The fourth-order valence-corrected chi connectivity index (χ4v) is 1.90. The van der Waals surface area contributed by atoms with E-state index in [-0.39, 0.29) is 12.0 Å². The van der Waals surface area contributed by atoms with Crippen molar-refractivity contribution in [3.05, 3.63) is 45.5 Å². The van der Waals surface area contributed by atoms with Crippen LogP contribution in [0.15, 0.2) is 22.7 Å². The zero-order valence-corrected chi connectivity index (χ0v) is 12.2. The summed E-state index contributed by atoms with van der Waals surface area (Å²) in [6.07, 6.45) is 0.548. The van der Waals surface area contributed by atoms with Gasteiger partial charge in [-0.15, -0.1) is 0 Å². The van der Waals surface area contributed by atoms with E-state index < -0.39 is 0 Å². The zero-order chi connectivity index (χ0) is 14.0. The normalized spacial score (nSPS) is 14.4. The largest absolute Gasteiger partial charge is 0.339 e. The molecule has 6 heteroatoms. The fourth-order valence-electron chi connectivity index (χ4n) is 1.58. The second-order valence-corrected chi connectivity index (χ2v) is 5.44. The molecule has 1 aromatic carbocycles. The van der Waals surface area contributed by atoms with Gasteiger partial charge in [-0.3, -0.25) is 0 Å². The Labute approximate surface area is 121 Å². The quantitative estimate of drug-likeness (QED) is 0.939. The van der Waals surface area contributed by atoms with E-state index in [1.165, 1.54) is 0 Å². The first-order valence-corrected chi connectivity index (χ1v) is 6.75. The number of benzene rings is 1. The van der Waals surface area contributed by atoms with Gasteiger partial charge in [0, 0.05) is 12.5 Å². The third kappa shape index (κ3) is 3.47. The molecule has 0 amide bonds. The number of nitrogens with zero attached hydrogens (tertiary/aromatic N) is 2. The highest BCUT2D eigenvalue weighted by atomic mass is 35.5. The van der Waals surface area contributed by atoms with E-state index in [0.717, 1.165) is 5.56 Å².